The minimum absolute atomic E-state index is 0.0161. The SMILES string of the molecule is COc1ccc(S(=O)(=O)N(CC(=O)N(Cc2ccccc2C)[C@@H](Cc2ccccc2)C(=O)NC2CCCC2)c2ccc(F)cc2)cc1. The topological polar surface area (TPSA) is 96.0 Å². The van der Waals surface area contributed by atoms with Crippen molar-refractivity contribution in [1.82, 2.24) is 10.2 Å². The maximum absolute atomic E-state index is 14.6. The number of anilines is 1. The number of halogens is 1. The molecule has 0 heterocycles. The van der Waals surface area contributed by atoms with E-state index in [0.717, 1.165) is 58.8 Å². The fraction of sp³-hybridized carbons (Fsp3) is 0.297. The summed E-state index contributed by atoms with van der Waals surface area (Å²) in [6.45, 7) is 1.40. The number of amides is 2. The molecule has 0 aliphatic heterocycles. The molecule has 10 heteroatoms. The Morgan fingerprint density at radius 2 is 1.53 bits per heavy atom. The van der Waals surface area contributed by atoms with Gasteiger partial charge >= 0.3 is 0 Å². The van der Waals surface area contributed by atoms with Crippen LogP contribution in [0.5, 0.6) is 5.75 Å². The van der Waals surface area contributed by atoms with Gasteiger partial charge in [-0.3, -0.25) is 13.9 Å². The number of hydrogen-bond donors (Lipinski definition) is 1. The molecule has 0 bridgehead atoms. The van der Waals surface area contributed by atoms with E-state index in [4.69, 9.17) is 4.74 Å². The van der Waals surface area contributed by atoms with Crippen LogP contribution in [0.4, 0.5) is 10.1 Å². The summed E-state index contributed by atoms with van der Waals surface area (Å²) in [4.78, 5) is 30.1. The molecule has 1 aliphatic rings. The number of methoxy groups -OCH3 is 1. The highest BCUT2D eigenvalue weighted by atomic mass is 32.2. The number of carbonyl (C=O) groups is 2. The number of aryl methyl sites for hydroxylation is 1. The third-order valence-electron chi connectivity index (χ3n) is 8.62. The van der Waals surface area contributed by atoms with Gasteiger partial charge in [0.15, 0.2) is 0 Å². The summed E-state index contributed by atoms with van der Waals surface area (Å²) in [6, 6.07) is 26.9. The Morgan fingerprint density at radius 1 is 0.894 bits per heavy atom. The van der Waals surface area contributed by atoms with Gasteiger partial charge in [-0.15, -0.1) is 0 Å². The first-order valence-electron chi connectivity index (χ1n) is 15.8. The van der Waals surface area contributed by atoms with Crippen LogP contribution in [0.2, 0.25) is 0 Å². The zero-order chi connectivity index (χ0) is 33.4. The molecular weight excluding hydrogens is 617 g/mol. The number of nitrogens with one attached hydrogen (secondary N) is 1. The summed E-state index contributed by atoms with van der Waals surface area (Å²) in [5.74, 6) is -0.935. The van der Waals surface area contributed by atoms with E-state index in [2.05, 4.69) is 5.32 Å². The number of rotatable bonds is 13. The van der Waals surface area contributed by atoms with Gasteiger partial charge in [0.05, 0.1) is 17.7 Å². The molecule has 2 amide bonds. The highest BCUT2D eigenvalue weighted by molar-refractivity contribution is 7.92. The second kappa shape index (κ2) is 15.3. The van der Waals surface area contributed by atoms with Crippen molar-refractivity contribution in [1.29, 1.82) is 0 Å². The van der Waals surface area contributed by atoms with Gasteiger partial charge in [0.1, 0.15) is 24.2 Å². The molecule has 0 spiro atoms. The molecule has 5 rings (SSSR count). The van der Waals surface area contributed by atoms with Gasteiger partial charge in [0.25, 0.3) is 10.0 Å². The first-order chi connectivity index (χ1) is 22.7. The van der Waals surface area contributed by atoms with Crippen molar-refractivity contribution in [3.8, 4) is 5.75 Å². The van der Waals surface area contributed by atoms with Gasteiger partial charge in [-0.2, -0.15) is 0 Å². The van der Waals surface area contributed by atoms with E-state index in [-0.39, 0.29) is 35.5 Å². The minimum Gasteiger partial charge on any atom is -0.497 e. The van der Waals surface area contributed by atoms with Crippen molar-refractivity contribution in [2.24, 2.45) is 0 Å². The van der Waals surface area contributed by atoms with Crippen molar-refractivity contribution in [3.63, 3.8) is 0 Å². The maximum atomic E-state index is 14.6. The molecule has 47 heavy (non-hydrogen) atoms. The molecule has 1 atom stereocenters. The fourth-order valence-corrected chi connectivity index (χ4v) is 7.32. The lowest BCUT2D eigenvalue weighted by Gasteiger charge is -2.34. The Labute approximate surface area is 276 Å². The Morgan fingerprint density at radius 3 is 2.17 bits per heavy atom. The molecule has 0 aromatic heterocycles. The predicted molar refractivity (Wildman–Crippen MR) is 180 cm³/mol. The van der Waals surface area contributed by atoms with Crippen molar-refractivity contribution >= 4 is 27.5 Å². The van der Waals surface area contributed by atoms with Gasteiger partial charge in [-0.05, 0) is 85.0 Å². The monoisotopic (exact) mass is 657 g/mol. The van der Waals surface area contributed by atoms with Crippen LogP contribution in [0.3, 0.4) is 0 Å². The van der Waals surface area contributed by atoms with E-state index in [0.29, 0.717) is 5.75 Å². The molecule has 8 nitrogen and oxygen atoms in total. The first kappa shape index (κ1) is 33.7. The fourth-order valence-electron chi connectivity index (χ4n) is 5.90. The van der Waals surface area contributed by atoms with Gasteiger partial charge < -0.3 is 15.0 Å². The Bertz CT molecular complexity index is 1760. The van der Waals surface area contributed by atoms with Crippen LogP contribution in [-0.2, 0) is 32.6 Å². The normalized spacial score (nSPS) is 13.9. The molecule has 0 unspecified atom stereocenters. The highest BCUT2D eigenvalue weighted by Gasteiger charge is 2.35. The Hall–Kier alpha value is -4.70. The van der Waals surface area contributed by atoms with Gasteiger partial charge in [-0.1, -0.05) is 67.4 Å². The van der Waals surface area contributed by atoms with Crippen LogP contribution in [0.1, 0.15) is 42.4 Å². The quantitative estimate of drug-likeness (QED) is 0.189. The highest BCUT2D eigenvalue weighted by Crippen LogP contribution is 2.27. The minimum atomic E-state index is -4.32. The summed E-state index contributed by atoms with van der Waals surface area (Å²) in [6.07, 6.45) is 4.02. The number of ether oxygens (including phenoxy) is 1. The van der Waals surface area contributed by atoms with E-state index in [1.54, 1.807) is 0 Å². The van der Waals surface area contributed by atoms with Crippen LogP contribution in [-0.4, -0.2) is 50.9 Å². The molecule has 1 fully saturated rings. The van der Waals surface area contributed by atoms with E-state index >= 15 is 0 Å². The van der Waals surface area contributed by atoms with Crippen LogP contribution < -0.4 is 14.4 Å². The van der Waals surface area contributed by atoms with Crippen LogP contribution in [0, 0.1) is 12.7 Å². The second-order valence-corrected chi connectivity index (χ2v) is 13.7. The summed E-state index contributed by atoms with van der Waals surface area (Å²) in [7, 11) is -2.84. The molecule has 4 aromatic carbocycles. The van der Waals surface area contributed by atoms with E-state index in [1.165, 1.54) is 48.4 Å². The number of hydrogen-bond acceptors (Lipinski definition) is 5. The van der Waals surface area contributed by atoms with Gasteiger partial charge in [0, 0.05) is 19.0 Å². The lowest BCUT2D eigenvalue weighted by molar-refractivity contribution is -0.140. The maximum Gasteiger partial charge on any atom is 0.264 e. The molecule has 1 N–H and O–H groups in total. The molecular formula is C37H40FN3O5S. The van der Waals surface area contributed by atoms with Gasteiger partial charge in [0.2, 0.25) is 11.8 Å². The lowest BCUT2D eigenvalue weighted by Crippen LogP contribution is -2.54. The Balaban J connectivity index is 1.56. The molecule has 4 aromatic rings. The number of sulfonamides is 1. The van der Waals surface area contributed by atoms with E-state index < -0.39 is 34.3 Å². The smallest absolute Gasteiger partial charge is 0.264 e. The number of benzene rings is 4. The average Bonchev–Trinajstić information content (AvgIpc) is 3.60. The van der Waals surface area contributed by atoms with E-state index in [1.807, 2.05) is 61.5 Å². The van der Waals surface area contributed by atoms with Crippen molar-refractivity contribution in [2.75, 3.05) is 18.0 Å². The number of carbonyl (C=O) groups excluding carboxylic acids is 2. The second-order valence-electron chi connectivity index (χ2n) is 11.8. The number of nitrogens with zero attached hydrogens (tertiary/aromatic N) is 2. The molecule has 1 aliphatic carbocycles. The third-order valence-corrected chi connectivity index (χ3v) is 10.4. The lowest BCUT2D eigenvalue weighted by atomic mass is 10.0. The molecule has 0 saturated heterocycles. The predicted octanol–water partition coefficient (Wildman–Crippen LogP) is 6.04. The zero-order valence-corrected chi connectivity index (χ0v) is 27.5. The third kappa shape index (κ3) is 8.37. The van der Waals surface area contributed by atoms with Crippen LogP contribution >= 0.6 is 0 Å². The van der Waals surface area contributed by atoms with Crippen molar-refractivity contribution < 1.29 is 27.1 Å². The van der Waals surface area contributed by atoms with Crippen LogP contribution in [0.25, 0.3) is 0 Å². The molecule has 246 valence electrons. The summed E-state index contributed by atoms with van der Waals surface area (Å²) in [5, 5.41) is 3.17. The Kier molecular flexibility index (Phi) is 10.9. The summed E-state index contributed by atoms with van der Waals surface area (Å²) >= 11 is 0. The standard InChI is InChI=1S/C37H40FN3O5S/c1-27-10-6-7-13-29(27)25-40(35(24-28-11-4-3-5-12-28)37(43)39-31-14-8-9-15-31)36(42)26-41(32-18-16-30(38)17-19-32)47(44,45)34-22-20-33(46-2)21-23-34/h3-7,10-13,16-23,31,35H,8-9,14-15,24-26H2,1-2H3,(H,39,43)/t35-/m0/s1. The molecule has 1 saturated carbocycles. The molecule has 0 radical (unpaired) electrons. The van der Waals surface area contributed by atoms with E-state index in [9.17, 15) is 22.4 Å². The summed E-state index contributed by atoms with van der Waals surface area (Å²) in [5.41, 5.74) is 2.74. The first-order valence-corrected chi connectivity index (χ1v) is 17.2. The zero-order valence-electron chi connectivity index (χ0n) is 26.6. The van der Waals surface area contributed by atoms with Crippen molar-refractivity contribution in [3.05, 3.63) is 126 Å². The van der Waals surface area contributed by atoms with Gasteiger partial charge in [-0.25, -0.2) is 12.8 Å². The summed E-state index contributed by atoms with van der Waals surface area (Å²) < 4.78 is 48.5. The largest absolute Gasteiger partial charge is 0.497 e. The van der Waals surface area contributed by atoms with Crippen LogP contribution in [0.15, 0.2) is 108 Å². The average molecular weight is 658 g/mol. The van der Waals surface area contributed by atoms with Crippen molar-refractivity contribution in [2.45, 2.75) is 62.6 Å².